The van der Waals surface area contributed by atoms with Crippen LogP contribution in [-0.4, -0.2) is 37.6 Å². The lowest BCUT2D eigenvalue weighted by Crippen LogP contribution is -2.39. The predicted molar refractivity (Wildman–Crippen MR) is 73.0 cm³/mol. The van der Waals surface area contributed by atoms with Crippen LogP contribution >= 0.6 is 0 Å². The van der Waals surface area contributed by atoms with E-state index in [-0.39, 0.29) is 5.97 Å². The van der Waals surface area contributed by atoms with E-state index >= 15 is 0 Å². The highest BCUT2D eigenvalue weighted by atomic mass is 16.7. The Morgan fingerprint density at radius 1 is 1.22 bits per heavy atom. The van der Waals surface area contributed by atoms with E-state index in [4.69, 9.17) is 4.84 Å². The van der Waals surface area contributed by atoms with E-state index < -0.39 is 5.41 Å². The normalized spacial score (nSPS) is 25.2. The molecule has 0 aromatic heterocycles. The van der Waals surface area contributed by atoms with Gasteiger partial charge in [-0.05, 0) is 66.5 Å². The molecule has 0 saturated heterocycles. The highest BCUT2D eigenvalue weighted by molar-refractivity contribution is 5.75. The molecule has 1 aliphatic carbocycles. The molecule has 1 fully saturated rings. The Morgan fingerprint density at radius 3 is 2.22 bits per heavy atom. The lowest BCUT2D eigenvalue weighted by molar-refractivity contribution is -0.163. The first-order valence-corrected chi connectivity index (χ1v) is 6.90. The average molecular weight is 256 g/mol. The molecule has 1 aliphatic rings. The van der Waals surface area contributed by atoms with Gasteiger partial charge in [0.25, 0.3) is 0 Å². The first-order valence-electron chi connectivity index (χ1n) is 6.90. The van der Waals surface area contributed by atoms with Crippen LogP contribution < -0.4 is 5.48 Å². The number of hydrogen-bond acceptors (Lipinski definition) is 4. The van der Waals surface area contributed by atoms with Crippen LogP contribution in [0, 0.1) is 11.3 Å². The Bertz CT molecular complexity index is 263. The maximum atomic E-state index is 11.6. The second kappa shape index (κ2) is 6.53. The number of hydrogen-bond donors (Lipinski definition) is 1. The molecule has 1 saturated carbocycles. The monoisotopic (exact) mass is 256 g/mol. The Balaban J connectivity index is 2.22. The van der Waals surface area contributed by atoms with E-state index in [9.17, 15) is 4.79 Å². The molecule has 4 heteroatoms. The van der Waals surface area contributed by atoms with E-state index in [1.165, 1.54) is 12.8 Å². The van der Waals surface area contributed by atoms with Gasteiger partial charge in [0, 0.05) is 12.6 Å². The van der Waals surface area contributed by atoms with Crippen LogP contribution in [0.15, 0.2) is 0 Å². The summed E-state index contributed by atoms with van der Waals surface area (Å²) in [6.07, 6.45) is 4.61. The summed E-state index contributed by atoms with van der Waals surface area (Å²) in [5.74, 6) is 0.606. The Kier molecular flexibility index (Phi) is 5.60. The van der Waals surface area contributed by atoms with Crippen molar-refractivity contribution in [2.24, 2.45) is 11.3 Å². The van der Waals surface area contributed by atoms with Gasteiger partial charge < -0.3 is 9.74 Å². The summed E-state index contributed by atoms with van der Waals surface area (Å²) in [6.45, 7) is 6.76. The zero-order chi connectivity index (χ0) is 13.8. The fraction of sp³-hybridized carbons (Fsp3) is 0.929. The highest BCUT2D eigenvalue weighted by Crippen LogP contribution is 2.25. The largest absolute Gasteiger partial charge is 0.370 e. The van der Waals surface area contributed by atoms with Crippen LogP contribution in [0.5, 0.6) is 0 Å². The zero-order valence-corrected chi connectivity index (χ0v) is 12.5. The van der Waals surface area contributed by atoms with Gasteiger partial charge >= 0.3 is 5.97 Å². The van der Waals surface area contributed by atoms with E-state index in [0.29, 0.717) is 6.04 Å². The van der Waals surface area contributed by atoms with Crippen molar-refractivity contribution in [3.05, 3.63) is 0 Å². The maximum Gasteiger partial charge on any atom is 0.329 e. The van der Waals surface area contributed by atoms with Gasteiger partial charge in [0.1, 0.15) is 0 Å². The zero-order valence-electron chi connectivity index (χ0n) is 12.5. The van der Waals surface area contributed by atoms with Crippen molar-refractivity contribution in [2.75, 3.05) is 20.6 Å². The van der Waals surface area contributed by atoms with Crippen molar-refractivity contribution in [1.82, 2.24) is 10.4 Å². The number of carbonyl (C=O) groups excluding carboxylic acids is 1. The molecule has 0 bridgehead atoms. The number of hydroxylamine groups is 1. The highest BCUT2D eigenvalue weighted by Gasteiger charge is 2.26. The molecule has 0 aliphatic heterocycles. The van der Waals surface area contributed by atoms with E-state index in [2.05, 4.69) is 24.5 Å². The van der Waals surface area contributed by atoms with E-state index in [1.54, 1.807) is 0 Å². The van der Waals surface area contributed by atoms with Gasteiger partial charge in [0.15, 0.2) is 0 Å². The summed E-state index contributed by atoms with van der Waals surface area (Å²) in [6, 6.07) is 0.328. The third kappa shape index (κ3) is 5.36. The molecule has 0 heterocycles. The number of nitrogens with zero attached hydrogens (tertiary/aromatic N) is 1. The molecular weight excluding hydrogens is 228 g/mol. The molecule has 1 N–H and O–H groups in total. The molecule has 0 amide bonds. The number of nitrogens with one attached hydrogen (secondary N) is 1. The first-order chi connectivity index (χ1) is 8.29. The lowest BCUT2D eigenvalue weighted by Gasteiger charge is -2.30. The molecule has 0 unspecified atom stereocenters. The van der Waals surface area contributed by atoms with Crippen molar-refractivity contribution in [1.29, 1.82) is 0 Å². The standard InChI is InChI=1S/C14H28N2O2/c1-14(2,3)13(17)18-15-12-8-6-11(7-9-12)10-16(4)5/h11-12,15H,6-10H2,1-5H3. The minimum atomic E-state index is -0.435. The van der Waals surface area contributed by atoms with Crippen molar-refractivity contribution in [3.8, 4) is 0 Å². The summed E-state index contributed by atoms with van der Waals surface area (Å²) in [5.41, 5.74) is 2.50. The van der Waals surface area contributed by atoms with E-state index in [0.717, 1.165) is 25.3 Å². The molecule has 0 spiro atoms. The van der Waals surface area contributed by atoms with Crippen LogP contribution in [0.2, 0.25) is 0 Å². The minimum Gasteiger partial charge on any atom is -0.370 e. The van der Waals surface area contributed by atoms with Crippen molar-refractivity contribution in [2.45, 2.75) is 52.5 Å². The molecule has 0 aromatic carbocycles. The van der Waals surface area contributed by atoms with Crippen molar-refractivity contribution >= 4 is 5.97 Å². The van der Waals surface area contributed by atoms with Gasteiger partial charge in [0.2, 0.25) is 0 Å². The van der Waals surface area contributed by atoms with Crippen LogP contribution in [0.1, 0.15) is 46.5 Å². The summed E-state index contributed by atoms with van der Waals surface area (Å²) < 4.78 is 0. The van der Waals surface area contributed by atoms with Gasteiger partial charge in [-0.2, -0.15) is 5.48 Å². The molecule has 1 rings (SSSR count). The fourth-order valence-electron chi connectivity index (χ4n) is 2.27. The second-order valence-corrected chi connectivity index (χ2v) is 6.74. The molecule has 0 radical (unpaired) electrons. The summed E-state index contributed by atoms with van der Waals surface area (Å²) >= 11 is 0. The van der Waals surface area contributed by atoms with Crippen molar-refractivity contribution < 1.29 is 9.63 Å². The molecule has 0 aromatic rings. The van der Waals surface area contributed by atoms with Crippen LogP contribution in [0.4, 0.5) is 0 Å². The summed E-state index contributed by atoms with van der Waals surface area (Å²) in [5, 5.41) is 0. The summed E-state index contributed by atoms with van der Waals surface area (Å²) in [4.78, 5) is 19.0. The Labute approximate surface area is 111 Å². The van der Waals surface area contributed by atoms with Crippen LogP contribution in [-0.2, 0) is 9.63 Å². The van der Waals surface area contributed by atoms with Gasteiger partial charge in [-0.1, -0.05) is 0 Å². The third-order valence-electron chi connectivity index (χ3n) is 3.40. The third-order valence-corrected chi connectivity index (χ3v) is 3.40. The van der Waals surface area contributed by atoms with Crippen LogP contribution in [0.25, 0.3) is 0 Å². The number of rotatable bonds is 4. The van der Waals surface area contributed by atoms with E-state index in [1.807, 2.05) is 20.8 Å². The first kappa shape index (κ1) is 15.4. The van der Waals surface area contributed by atoms with Gasteiger partial charge in [-0.25, -0.2) is 4.79 Å². The van der Waals surface area contributed by atoms with Gasteiger partial charge in [-0.15, -0.1) is 0 Å². The molecule has 0 atom stereocenters. The smallest absolute Gasteiger partial charge is 0.329 e. The van der Waals surface area contributed by atoms with Crippen LogP contribution in [0.3, 0.4) is 0 Å². The van der Waals surface area contributed by atoms with Crippen molar-refractivity contribution in [3.63, 3.8) is 0 Å². The SMILES string of the molecule is CN(C)CC1CCC(NOC(=O)C(C)(C)C)CC1. The lowest BCUT2D eigenvalue weighted by atomic mass is 9.86. The molecule has 18 heavy (non-hydrogen) atoms. The topological polar surface area (TPSA) is 41.6 Å². The molecular formula is C14H28N2O2. The molecule has 106 valence electrons. The number of carbonyl (C=O) groups is 1. The second-order valence-electron chi connectivity index (χ2n) is 6.74. The van der Waals surface area contributed by atoms with Gasteiger partial charge in [0.05, 0.1) is 5.41 Å². The fourth-order valence-corrected chi connectivity index (χ4v) is 2.27. The quantitative estimate of drug-likeness (QED) is 0.783. The van der Waals surface area contributed by atoms with Gasteiger partial charge in [-0.3, -0.25) is 0 Å². The predicted octanol–water partition coefficient (Wildman–Crippen LogP) is 2.20. The Morgan fingerprint density at radius 2 is 1.78 bits per heavy atom. The average Bonchev–Trinajstić information content (AvgIpc) is 2.25. The summed E-state index contributed by atoms with van der Waals surface area (Å²) in [7, 11) is 4.24. The maximum absolute atomic E-state index is 11.6. The molecule has 4 nitrogen and oxygen atoms in total. The Hall–Kier alpha value is -0.610. The minimum absolute atomic E-state index is 0.182.